The van der Waals surface area contributed by atoms with E-state index in [4.69, 9.17) is 0 Å². The van der Waals surface area contributed by atoms with E-state index >= 15 is 0 Å². The van der Waals surface area contributed by atoms with E-state index in [1.54, 1.807) is 0 Å². The lowest BCUT2D eigenvalue weighted by Gasteiger charge is -2.32. The Morgan fingerprint density at radius 3 is 2.14 bits per heavy atom. The van der Waals surface area contributed by atoms with Gasteiger partial charge in [-0.1, -0.05) is 141 Å². The van der Waals surface area contributed by atoms with Crippen LogP contribution in [0, 0.1) is 48.3 Å². The molecule has 1 aromatic rings. The van der Waals surface area contributed by atoms with Crippen LogP contribution in [0.5, 0.6) is 0 Å². The Balaban J connectivity index is 0.000000272. The summed E-state index contributed by atoms with van der Waals surface area (Å²) in [5, 5.41) is 18.9. The molecule has 248 valence electrons. The number of hydrogen-bond donors (Lipinski definition) is 0. The molecule has 0 N–H and O–H groups in total. The Morgan fingerprint density at radius 2 is 1.47 bits per heavy atom. The largest absolute Gasteiger partial charge is 0.334 e. The van der Waals surface area contributed by atoms with Crippen molar-refractivity contribution >= 4 is 5.69 Å². The molecule has 4 rings (SSSR count). The molecule has 0 bridgehead atoms. The van der Waals surface area contributed by atoms with Gasteiger partial charge in [-0.3, -0.25) is 0 Å². The van der Waals surface area contributed by atoms with E-state index < -0.39 is 0 Å². The summed E-state index contributed by atoms with van der Waals surface area (Å²) in [4.78, 5) is 2.44. The van der Waals surface area contributed by atoms with Gasteiger partial charge in [0.2, 0.25) is 0 Å². The Hall–Kier alpha value is -5.64. The topological polar surface area (TPSA) is 50.8 Å². The molecular formula is C46H49N3. The summed E-state index contributed by atoms with van der Waals surface area (Å²) < 4.78 is 0. The summed E-state index contributed by atoms with van der Waals surface area (Å²) in [7, 11) is 0. The number of allylic oxidation sites excluding steroid dienone is 25. The second kappa shape index (κ2) is 20.6. The SMILES string of the molecule is C/C=C\C1=CC(/C=C/C)/C(C#N)=C/C=C\C=C/C(C)=C/1C#N.Cc1ccc(N(/C2=C/C=C\C(C)/C=C\C=C/C2)C2C=CC=CC=C2)cc1C. The highest BCUT2D eigenvalue weighted by Gasteiger charge is 2.19. The second-order valence-corrected chi connectivity index (χ2v) is 12.0. The molecule has 0 radical (unpaired) electrons. The minimum atomic E-state index is -0.153. The van der Waals surface area contributed by atoms with Gasteiger partial charge in [-0.2, -0.15) is 10.5 Å². The van der Waals surface area contributed by atoms with Crippen LogP contribution < -0.4 is 4.90 Å². The molecule has 0 saturated carbocycles. The van der Waals surface area contributed by atoms with Crippen molar-refractivity contribution in [3.8, 4) is 12.1 Å². The van der Waals surface area contributed by atoms with Crippen molar-refractivity contribution in [2.24, 2.45) is 11.8 Å². The van der Waals surface area contributed by atoms with Gasteiger partial charge < -0.3 is 4.90 Å². The van der Waals surface area contributed by atoms with Crippen LogP contribution in [0.2, 0.25) is 0 Å². The zero-order valence-electron chi connectivity index (χ0n) is 29.8. The third-order valence-electron chi connectivity index (χ3n) is 8.25. The zero-order chi connectivity index (χ0) is 35.4. The highest BCUT2D eigenvalue weighted by atomic mass is 15.2. The van der Waals surface area contributed by atoms with Gasteiger partial charge in [0.15, 0.2) is 0 Å². The summed E-state index contributed by atoms with van der Waals surface area (Å²) in [6, 6.07) is 11.5. The van der Waals surface area contributed by atoms with Crippen LogP contribution in [0.1, 0.15) is 45.2 Å². The first kappa shape index (κ1) is 37.8. The van der Waals surface area contributed by atoms with Crippen molar-refractivity contribution in [3.05, 3.63) is 197 Å². The van der Waals surface area contributed by atoms with Crippen molar-refractivity contribution < 1.29 is 0 Å². The third kappa shape index (κ3) is 11.8. The lowest BCUT2D eigenvalue weighted by atomic mass is 9.92. The molecule has 2 atom stereocenters. The smallest absolute Gasteiger partial charge is 0.100 e. The second-order valence-electron chi connectivity index (χ2n) is 12.0. The monoisotopic (exact) mass is 643 g/mol. The number of nitriles is 2. The fourth-order valence-electron chi connectivity index (χ4n) is 5.45. The lowest BCUT2D eigenvalue weighted by Crippen LogP contribution is -2.31. The molecule has 0 spiro atoms. The average molecular weight is 644 g/mol. The molecule has 0 aromatic heterocycles. The van der Waals surface area contributed by atoms with Crippen LogP contribution in [0.25, 0.3) is 0 Å². The van der Waals surface area contributed by atoms with Crippen molar-refractivity contribution in [2.45, 2.75) is 54.0 Å². The van der Waals surface area contributed by atoms with Gasteiger partial charge >= 0.3 is 0 Å². The molecule has 0 fully saturated rings. The van der Waals surface area contributed by atoms with Gasteiger partial charge in [0.1, 0.15) is 6.07 Å². The number of anilines is 1. The molecule has 3 aliphatic carbocycles. The van der Waals surface area contributed by atoms with Crippen LogP contribution in [0.3, 0.4) is 0 Å². The fraction of sp³-hybridized carbons (Fsp3) is 0.217. The molecular weight excluding hydrogens is 595 g/mol. The van der Waals surface area contributed by atoms with Crippen LogP contribution in [0.4, 0.5) is 5.69 Å². The van der Waals surface area contributed by atoms with E-state index in [0.29, 0.717) is 17.1 Å². The summed E-state index contributed by atoms with van der Waals surface area (Å²) in [6.45, 7) is 12.3. The maximum atomic E-state index is 9.51. The van der Waals surface area contributed by atoms with E-state index in [1.165, 1.54) is 22.5 Å². The van der Waals surface area contributed by atoms with E-state index in [1.807, 2.05) is 81.5 Å². The van der Waals surface area contributed by atoms with Crippen molar-refractivity contribution in [3.63, 3.8) is 0 Å². The highest BCUT2D eigenvalue weighted by molar-refractivity contribution is 5.59. The van der Waals surface area contributed by atoms with Crippen LogP contribution in [-0.2, 0) is 0 Å². The minimum absolute atomic E-state index is 0.153. The maximum Gasteiger partial charge on any atom is 0.100 e. The average Bonchev–Trinajstić information content (AvgIpc) is 3.38. The molecule has 0 amide bonds. The van der Waals surface area contributed by atoms with Gasteiger partial charge in [0.05, 0.1) is 17.7 Å². The Kier molecular flexibility index (Phi) is 15.9. The Bertz CT molecular complexity index is 1800. The van der Waals surface area contributed by atoms with E-state index in [2.05, 4.69) is 135 Å². The van der Waals surface area contributed by atoms with Crippen molar-refractivity contribution in [1.29, 1.82) is 10.5 Å². The van der Waals surface area contributed by atoms with Gasteiger partial charge in [0, 0.05) is 29.3 Å². The number of aryl methyl sites for hydroxylation is 2. The minimum Gasteiger partial charge on any atom is -0.334 e. The number of benzene rings is 1. The third-order valence-corrected chi connectivity index (χ3v) is 8.25. The van der Waals surface area contributed by atoms with E-state index in [0.717, 1.165) is 17.6 Å². The molecule has 49 heavy (non-hydrogen) atoms. The molecule has 0 saturated heterocycles. The Labute approximate surface area is 295 Å². The molecule has 0 heterocycles. The van der Waals surface area contributed by atoms with Crippen LogP contribution >= 0.6 is 0 Å². The summed E-state index contributed by atoms with van der Waals surface area (Å²) in [5.41, 5.74) is 8.15. The summed E-state index contributed by atoms with van der Waals surface area (Å²) in [6.07, 6.45) is 48.3. The van der Waals surface area contributed by atoms with Crippen LogP contribution in [0.15, 0.2) is 186 Å². The molecule has 3 nitrogen and oxygen atoms in total. The first-order valence-corrected chi connectivity index (χ1v) is 16.9. The van der Waals surface area contributed by atoms with E-state index in [-0.39, 0.29) is 12.0 Å². The summed E-state index contributed by atoms with van der Waals surface area (Å²) in [5.74, 6) is 0.280. The highest BCUT2D eigenvalue weighted by Crippen LogP contribution is 2.29. The predicted molar refractivity (Wildman–Crippen MR) is 210 cm³/mol. The number of hydrogen-bond acceptors (Lipinski definition) is 3. The molecule has 2 unspecified atom stereocenters. The van der Waals surface area contributed by atoms with Gasteiger partial charge in [0.25, 0.3) is 0 Å². The Morgan fingerprint density at radius 1 is 0.755 bits per heavy atom. The van der Waals surface area contributed by atoms with Gasteiger partial charge in [-0.05, 0) is 87.1 Å². The fourth-order valence-corrected chi connectivity index (χ4v) is 5.45. The van der Waals surface area contributed by atoms with Crippen LogP contribution in [-0.4, -0.2) is 6.04 Å². The van der Waals surface area contributed by atoms with Crippen molar-refractivity contribution in [1.82, 2.24) is 0 Å². The first-order chi connectivity index (χ1) is 23.8. The lowest BCUT2D eigenvalue weighted by molar-refractivity contribution is 0.860. The predicted octanol–water partition coefficient (Wildman–Crippen LogP) is 11.9. The maximum absolute atomic E-state index is 9.51. The molecule has 3 aliphatic rings. The molecule has 3 heteroatoms. The quantitative estimate of drug-likeness (QED) is 0.300. The summed E-state index contributed by atoms with van der Waals surface area (Å²) >= 11 is 0. The molecule has 0 aliphatic heterocycles. The number of nitrogens with zero attached hydrogens (tertiary/aromatic N) is 3. The number of rotatable bonds is 5. The van der Waals surface area contributed by atoms with Gasteiger partial charge in [-0.15, -0.1) is 0 Å². The molecule has 1 aromatic carbocycles. The normalized spacial score (nSPS) is 26.6. The first-order valence-electron chi connectivity index (χ1n) is 16.9. The van der Waals surface area contributed by atoms with E-state index in [9.17, 15) is 10.5 Å². The zero-order valence-corrected chi connectivity index (χ0v) is 29.8. The van der Waals surface area contributed by atoms with Crippen molar-refractivity contribution in [2.75, 3.05) is 4.90 Å². The van der Waals surface area contributed by atoms with Gasteiger partial charge in [-0.25, -0.2) is 0 Å². The standard InChI is InChI=1S/C26H29N.C20H20N2/c1-21-12-7-6-10-16-25(17-11-13-21)27(24-14-8-4-5-9-15-24)26-19-18-22(2)23(3)20-26;1-4-9-17-13-18(10-5-2)20(15-22)16(3)11-7-6-8-12-19(17)14-21/h4-15,17-21,24H,16H2,1-3H3;4-13,17H,1-3H3/b10-6-,12-7-,13-11-,25-17+;8-6-,9-4+,10-5-,11-7-,18-13?,19-12+,20-16+.